The van der Waals surface area contributed by atoms with Crippen LogP contribution < -0.4 is 0 Å². The topological polar surface area (TPSA) is 41.2 Å². The second kappa shape index (κ2) is 4.67. The number of ether oxygens (including phenoxy) is 1. The number of hydrogen-bond acceptors (Lipinski definition) is 3. The molecular formula is C14H23N3O. The summed E-state index contributed by atoms with van der Waals surface area (Å²) in [4.78, 5) is 10.5. The van der Waals surface area contributed by atoms with Crippen molar-refractivity contribution in [1.82, 2.24) is 14.9 Å². The van der Waals surface area contributed by atoms with Crippen molar-refractivity contribution in [1.29, 1.82) is 0 Å². The SMILES string of the molecule is Cc1nc2c([nH]1)CN(CC1(C)CCOCC1)CC2. The molecule has 0 aliphatic carbocycles. The van der Waals surface area contributed by atoms with E-state index in [2.05, 4.69) is 21.8 Å². The highest BCUT2D eigenvalue weighted by atomic mass is 16.5. The Morgan fingerprint density at radius 1 is 1.39 bits per heavy atom. The van der Waals surface area contributed by atoms with Gasteiger partial charge in [0.05, 0.1) is 11.4 Å². The standard InChI is InChI=1S/C14H23N3O/c1-11-15-12-3-6-17(9-13(12)16-11)10-14(2)4-7-18-8-5-14/h3-10H2,1-2H3,(H,15,16). The third-order valence-electron chi connectivity index (χ3n) is 4.33. The Hall–Kier alpha value is -0.870. The van der Waals surface area contributed by atoms with Gasteiger partial charge < -0.3 is 9.72 Å². The fourth-order valence-electron chi connectivity index (χ4n) is 3.19. The lowest BCUT2D eigenvalue weighted by Gasteiger charge is -2.39. The summed E-state index contributed by atoms with van der Waals surface area (Å²) in [5.74, 6) is 1.05. The molecular weight excluding hydrogens is 226 g/mol. The second-order valence-electron chi connectivity index (χ2n) is 6.13. The third kappa shape index (κ3) is 2.45. The predicted octanol–water partition coefficient (Wildman–Crippen LogP) is 1.89. The van der Waals surface area contributed by atoms with Crippen LogP contribution in [0.4, 0.5) is 0 Å². The van der Waals surface area contributed by atoms with Crippen LogP contribution in [0.3, 0.4) is 0 Å². The number of nitrogens with one attached hydrogen (secondary N) is 1. The van der Waals surface area contributed by atoms with E-state index in [9.17, 15) is 0 Å². The first-order valence-electron chi connectivity index (χ1n) is 6.99. The Labute approximate surface area is 109 Å². The van der Waals surface area contributed by atoms with Gasteiger partial charge in [0.25, 0.3) is 0 Å². The number of aromatic nitrogens is 2. The molecule has 1 saturated heterocycles. The lowest BCUT2D eigenvalue weighted by Crippen LogP contribution is -2.41. The number of nitrogens with zero attached hydrogens (tertiary/aromatic N) is 2. The van der Waals surface area contributed by atoms with Gasteiger partial charge in [-0.05, 0) is 25.2 Å². The molecule has 0 aromatic carbocycles. The summed E-state index contributed by atoms with van der Waals surface area (Å²) in [6.07, 6.45) is 3.48. The Morgan fingerprint density at radius 3 is 2.94 bits per heavy atom. The summed E-state index contributed by atoms with van der Waals surface area (Å²) in [5, 5.41) is 0. The molecule has 0 amide bonds. The van der Waals surface area contributed by atoms with Crippen LogP contribution in [0.5, 0.6) is 0 Å². The van der Waals surface area contributed by atoms with Crippen molar-refractivity contribution in [3.8, 4) is 0 Å². The highest BCUT2D eigenvalue weighted by molar-refractivity contribution is 5.17. The highest BCUT2D eigenvalue weighted by Crippen LogP contribution is 2.32. The molecule has 0 atom stereocenters. The van der Waals surface area contributed by atoms with Gasteiger partial charge in [0, 0.05) is 39.3 Å². The van der Waals surface area contributed by atoms with Crippen molar-refractivity contribution in [2.45, 2.75) is 39.7 Å². The number of aryl methyl sites for hydroxylation is 1. The fourth-order valence-corrected chi connectivity index (χ4v) is 3.19. The van der Waals surface area contributed by atoms with E-state index in [1.54, 1.807) is 0 Å². The molecule has 0 radical (unpaired) electrons. The molecule has 3 heterocycles. The van der Waals surface area contributed by atoms with Crippen LogP contribution in [-0.2, 0) is 17.7 Å². The molecule has 0 bridgehead atoms. The van der Waals surface area contributed by atoms with Crippen molar-refractivity contribution in [2.75, 3.05) is 26.3 Å². The minimum atomic E-state index is 0.435. The van der Waals surface area contributed by atoms with E-state index in [0.717, 1.165) is 38.5 Å². The average Bonchev–Trinajstić information content (AvgIpc) is 2.69. The number of H-pyrrole nitrogens is 1. The minimum absolute atomic E-state index is 0.435. The van der Waals surface area contributed by atoms with Gasteiger partial charge in [0.2, 0.25) is 0 Å². The molecule has 4 nitrogen and oxygen atoms in total. The molecule has 2 aliphatic heterocycles. The molecule has 0 spiro atoms. The summed E-state index contributed by atoms with van der Waals surface area (Å²) in [5.41, 5.74) is 3.04. The number of aromatic amines is 1. The average molecular weight is 249 g/mol. The van der Waals surface area contributed by atoms with Crippen LogP contribution >= 0.6 is 0 Å². The fraction of sp³-hybridized carbons (Fsp3) is 0.786. The molecule has 100 valence electrons. The van der Waals surface area contributed by atoms with Gasteiger partial charge in [0.15, 0.2) is 0 Å². The summed E-state index contributed by atoms with van der Waals surface area (Å²) in [6, 6.07) is 0. The maximum atomic E-state index is 5.48. The van der Waals surface area contributed by atoms with Gasteiger partial charge in [-0.1, -0.05) is 6.92 Å². The first kappa shape index (κ1) is 12.2. The number of fused-ring (bicyclic) bond motifs is 1. The number of imidazole rings is 1. The first-order valence-corrected chi connectivity index (χ1v) is 6.99. The zero-order valence-electron chi connectivity index (χ0n) is 11.5. The number of hydrogen-bond donors (Lipinski definition) is 1. The van der Waals surface area contributed by atoms with Crippen molar-refractivity contribution in [2.24, 2.45) is 5.41 Å². The molecule has 2 aliphatic rings. The maximum absolute atomic E-state index is 5.48. The van der Waals surface area contributed by atoms with E-state index >= 15 is 0 Å². The highest BCUT2D eigenvalue weighted by Gasteiger charge is 2.31. The van der Waals surface area contributed by atoms with Crippen LogP contribution in [0.1, 0.15) is 37.0 Å². The Bertz CT molecular complexity index is 421. The number of rotatable bonds is 2. The zero-order valence-corrected chi connectivity index (χ0v) is 11.5. The summed E-state index contributed by atoms with van der Waals surface area (Å²) < 4.78 is 5.48. The van der Waals surface area contributed by atoms with Gasteiger partial charge in [0.1, 0.15) is 5.82 Å². The van der Waals surface area contributed by atoms with E-state index < -0.39 is 0 Å². The van der Waals surface area contributed by atoms with Crippen molar-refractivity contribution in [3.05, 3.63) is 17.2 Å². The molecule has 1 aromatic heterocycles. The summed E-state index contributed by atoms with van der Waals surface area (Å²) in [7, 11) is 0. The van der Waals surface area contributed by atoms with Crippen LogP contribution in [0.2, 0.25) is 0 Å². The molecule has 3 rings (SSSR count). The van der Waals surface area contributed by atoms with Gasteiger partial charge in [-0.2, -0.15) is 0 Å². The van der Waals surface area contributed by atoms with Gasteiger partial charge in [-0.25, -0.2) is 4.98 Å². The Balaban J connectivity index is 1.65. The lowest BCUT2D eigenvalue weighted by atomic mass is 9.81. The largest absolute Gasteiger partial charge is 0.381 e. The minimum Gasteiger partial charge on any atom is -0.381 e. The monoisotopic (exact) mass is 249 g/mol. The molecule has 0 saturated carbocycles. The Kier molecular flexibility index (Phi) is 3.16. The second-order valence-corrected chi connectivity index (χ2v) is 6.13. The normalized spacial score (nSPS) is 23.9. The Morgan fingerprint density at radius 2 is 2.17 bits per heavy atom. The van der Waals surface area contributed by atoms with Crippen molar-refractivity contribution >= 4 is 0 Å². The molecule has 0 unspecified atom stereocenters. The van der Waals surface area contributed by atoms with E-state index in [1.807, 2.05) is 6.92 Å². The van der Waals surface area contributed by atoms with Gasteiger partial charge >= 0.3 is 0 Å². The summed E-state index contributed by atoms with van der Waals surface area (Å²) in [6.45, 7) is 9.68. The van der Waals surface area contributed by atoms with Gasteiger partial charge in [-0.3, -0.25) is 4.90 Å². The lowest BCUT2D eigenvalue weighted by molar-refractivity contribution is 0.00258. The molecule has 1 aromatic rings. The van der Waals surface area contributed by atoms with Crippen LogP contribution in [0.25, 0.3) is 0 Å². The molecule has 1 fully saturated rings. The third-order valence-corrected chi connectivity index (χ3v) is 4.33. The summed E-state index contributed by atoms with van der Waals surface area (Å²) >= 11 is 0. The zero-order chi connectivity index (χ0) is 12.6. The van der Waals surface area contributed by atoms with E-state index in [1.165, 1.54) is 30.8 Å². The predicted molar refractivity (Wildman–Crippen MR) is 70.5 cm³/mol. The van der Waals surface area contributed by atoms with E-state index in [0.29, 0.717) is 5.41 Å². The molecule has 18 heavy (non-hydrogen) atoms. The molecule has 4 heteroatoms. The van der Waals surface area contributed by atoms with Crippen molar-refractivity contribution < 1.29 is 4.74 Å². The van der Waals surface area contributed by atoms with E-state index in [-0.39, 0.29) is 0 Å². The first-order chi connectivity index (χ1) is 8.65. The quantitative estimate of drug-likeness (QED) is 0.870. The van der Waals surface area contributed by atoms with Crippen LogP contribution in [0.15, 0.2) is 0 Å². The smallest absolute Gasteiger partial charge is 0.103 e. The maximum Gasteiger partial charge on any atom is 0.103 e. The van der Waals surface area contributed by atoms with E-state index in [4.69, 9.17) is 4.74 Å². The van der Waals surface area contributed by atoms with Gasteiger partial charge in [-0.15, -0.1) is 0 Å². The van der Waals surface area contributed by atoms with Crippen LogP contribution in [0, 0.1) is 12.3 Å². The van der Waals surface area contributed by atoms with Crippen molar-refractivity contribution in [3.63, 3.8) is 0 Å². The van der Waals surface area contributed by atoms with Crippen LogP contribution in [-0.4, -0.2) is 41.2 Å². The molecule has 1 N–H and O–H groups in total.